The Morgan fingerprint density at radius 3 is 2.95 bits per heavy atom. The van der Waals surface area contributed by atoms with Crippen molar-refractivity contribution in [3.8, 4) is 0 Å². The number of carbonyl (C=O) groups is 2. The summed E-state index contributed by atoms with van der Waals surface area (Å²) in [6.07, 6.45) is 0.674. The second kappa shape index (κ2) is 5.81. The lowest BCUT2D eigenvalue weighted by Crippen LogP contribution is -2.55. The lowest BCUT2D eigenvalue weighted by Gasteiger charge is -2.37. The van der Waals surface area contributed by atoms with Gasteiger partial charge in [-0.05, 0) is 24.6 Å². The minimum absolute atomic E-state index is 0.0124. The van der Waals surface area contributed by atoms with Crippen LogP contribution in [-0.4, -0.2) is 38.1 Å². The first kappa shape index (κ1) is 14.2. The lowest BCUT2D eigenvalue weighted by molar-refractivity contribution is -0.123. The highest BCUT2D eigenvalue weighted by Gasteiger charge is 2.29. The number of esters is 1. The van der Waals surface area contributed by atoms with Gasteiger partial charge in [0.15, 0.2) is 0 Å². The van der Waals surface area contributed by atoms with Crippen molar-refractivity contribution in [3.05, 3.63) is 23.8 Å². The standard InChI is InChI=1S/C14H19N3O3/c1-3-11-13(18)16-6-7-17(11)12-8-9(14(19)20-2)4-5-10(12)15/h4-5,8,11H,3,6-7,15H2,1-2H3,(H,16,18). The highest BCUT2D eigenvalue weighted by atomic mass is 16.5. The molecule has 1 heterocycles. The van der Waals surface area contributed by atoms with E-state index in [2.05, 4.69) is 5.32 Å². The number of hydrogen-bond donors (Lipinski definition) is 2. The van der Waals surface area contributed by atoms with Crippen molar-refractivity contribution < 1.29 is 14.3 Å². The molecule has 20 heavy (non-hydrogen) atoms. The topological polar surface area (TPSA) is 84.7 Å². The predicted molar refractivity (Wildman–Crippen MR) is 76.6 cm³/mol. The van der Waals surface area contributed by atoms with Gasteiger partial charge in [-0.3, -0.25) is 4.79 Å². The average molecular weight is 277 g/mol. The third-order valence-corrected chi connectivity index (χ3v) is 3.48. The first-order chi connectivity index (χ1) is 9.58. The highest BCUT2D eigenvalue weighted by Crippen LogP contribution is 2.28. The number of nitrogen functional groups attached to an aromatic ring is 1. The zero-order valence-electron chi connectivity index (χ0n) is 11.7. The number of nitrogens with one attached hydrogen (secondary N) is 1. The molecule has 0 spiro atoms. The minimum atomic E-state index is -0.416. The van der Waals surface area contributed by atoms with Crippen LogP contribution in [0.3, 0.4) is 0 Å². The summed E-state index contributed by atoms with van der Waals surface area (Å²) in [6.45, 7) is 3.18. The van der Waals surface area contributed by atoms with Gasteiger partial charge in [-0.25, -0.2) is 4.79 Å². The first-order valence-electron chi connectivity index (χ1n) is 6.60. The fourth-order valence-corrected chi connectivity index (χ4v) is 2.45. The van der Waals surface area contributed by atoms with E-state index in [4.69, 9.17) is 10.5 Å². The van der Waals surface area contributed by atoms with Crippen molar-refractivity contribution in [2.75, 3.05) is 30.8 Å². The van der Waals surface area contributed by atoms with Crippen LogP contribution in [0.15, 0.2) is 18.2 Å². The number of methoxy groups -OCH3 is 1. The number of ether oxygens (including phenoxy) is 1. The zero-order chi connectivity index (χ0) is 14.7. The highest BCUT2D eigenvalue weighted by molar-refractivity contribution is 5.93. The molecule has 1 aliphatic rings. The zero-order valence-corrected chi connectivity index (χ0v) is 11.7. The molecule has 1 amide bonds. The van der Waals surface area contributed by atoms with Crippen LogP contribution >= 0.6 is 0 Å². The molecule has 1 fully saturated rings. The third kappa shape index (κ3) is 2.54. The van der Waals surface area contributed by atoms with Crippen molar-refractivity contribution in [3.63, 3.8) is 0 Å². The molecule has 0 aliphatic carbocycles. The summed E-state index contributed by atoms with van der Waals surface area (Å²) >= 11 is 0. The lowest BCUT2D eigenvalue weighted by atomic mass is 10.1. The van der Waals surface area contributed by atoms with E-state index in [0.717, 1.165) is 0 Å². The molecule has 6 nitrogen and oxygen atoms in total. The molecule has 3 N–H and O–H groups in total. The Bertz CT molecular complexity index is 530. The summed E-state index contributed by atoms with van der Waals surface area (Å²) < 4.78 is 4.72. The van der Waals surface area contributed by atoms with Crippen LogP contribution in [0, 0.1) is 0 Å². The van der Waals surface area contributed by atoms with E-state index >= 15 is 0 Å². The van der Waals surface area contributed by atoms with Gasteiger partial charge in [0, 0.05) is 13.1 Å². The number of piperazine rings is 1. The quantitative estimate of drug-likeness (QED) is 0.629. The maximum Gasteiger partial charge on any atom is 0.337 e. The molecule has 1 unspecified atom stereocenters. The van der Waals surface area contributed by atoms with Gasteiger partial charge in [-0.1, -0.05) is 6.92 Å². The minimum Gasteiger partial charge on any atom is -0.465 e. The molecule has 2 rings (SSSR count). The van der Waals surface area contributed by atoms with Gasteiger partial charge in [0.1, 0.15) is 6.04 Å². The summed E-state index contributed by atoms with van der Waals surface area (Å²) in [7, 11) is 1.33. The third-order valence-electron chi connectivity index (χ3n) is 3.48. The summed E-state index contributed by atoms with van der Waals surface area (Å²) in [5, 5.41) is 2.84. The molecule has 0 bridgehead atoms. The molecule has 1 aliphatic heterocycles. The number of benzene rings is 1. The molecule has 0 aromatic heterocycles. The van der Waals surface area contributed by atoms with Gasteiger partial charge >= 0.3 is 5.97 Å². The van der Waals surface area contributed by atoms with Gasteiger partial charge < -0.3 is 20.7 Å². The van der Waals surface area contributed by atoms with Crippen molar-refractivity contribution in [1.82, 2.24) is 5.32 Å². The second-order valence-corrected chi connectivity index (χ2v) is 4.67. The second-order valence-electron chi connectivity index (χ2n) is 4.67. The monoisotopic (exact) mass is 277 g/mol. The van der Waals surface area contributed by atoms with Crippen molar-refractivity contribution >= 4 is 23.3 Å². The normalized spacial score (nSPS) is 18.6. The van der Waals surface area contributed by atoms with E-state index in [1.54, 1.807) is 18.2 Å². The molecule has 0 saturated carbocycles. The number of hydrogen-bond acceptors (Lipinski definition) is 5. The Kier molecular flexibility index (Phi) is 4.12. The van der Waals surface area contributed by atoms with E-state index in [1.165, 1.54) is 7.11 Å². The molecular weight excluding hydrogens is 258 g/mol. The van der Waals surface area contributed by atoms with Crippen molar-refractivity contribution in [2.24, 2.45) is 0 Å². The largest absolute Gasteiger partial charge is 0.465 e. The summed E-state index contributed by atoms with van der Waals surface area (Å²) in [6, 6.07) is 4.71. The van der Waals surface area contributed by atoms with Crippen LogP contribution in [0.4, 0.5) is 11.4 Å². The van der Waals surface area contributed by atoms with E-state index in [9.17, 15) is 9.59 Å². The van der Waals surface area contributed by atoms with Crippen LogP contribution in [0.25, 0.3) is 0 Å². The van der Waals surface area contributed by atoms with E-state index in [0.29, 0.717) is 36.4 Å². The van der Waals surface area contributed by atoms with Crippen LogP contribution in [0.5, 0.6) is 0 Å². The van der Waals surface area contributed by atoms with E-state index in [-0.39, 0.29) is 11.9 Å². The van der Waals surface area contributed by atoms with Crippen molar-refractivity contribution in [2.45, 2.75) is 19.4 Å². The molecule has 0 radical (unpaired) electrons. The number of anilines is 2. The molecule has 1 saturated heterocycles. The predicted octanol–water partition coefficient (Wildman–Crippen LogP) is 0.770. The Hall–Kier alpha value is -2.24. The maximum absolute atomic E-state index is 11.9. The number of rotatable bonds is 3. The van der Waals surface area contributed by atoms with Gasteiger partial charge in [0.2, 0.25) is 5.91 Å². The van der Waals surface area contributed by atoms with Crippen LogP contribution in [0.1, 0.15) is 23.7 Å². The molecule has 108 valence electrons. The first-order valence-corrected chi connectivity index (χ1v) is 6.60. The Morgan fingerprint density at radius 1 is 1.55 bits per heavy atom. The smallest absolute Gasteiger partial charge is 0.337 e. The molecule has 1 aromatic rings. The molecule has 1 aromatic carbocycles. The Morgan fingerprint density at radius 2 is 2.30 bits per heavy atom. The molecular formula is C14H19N3O3. The fraction of sp³-hybridized carbons (Fsp3) is 0.429. The number of nitrogens with two attached hydrogens (primary N) is 1. The Labute approximate surface area is 117 Å². The maximum atomic E-state index is 11.9. The number of nitrogens with zero attached hydrogens (tertiary/aromatic N) is 1. The number of amides is 1. The molecule has 1 atom stereocenters. The Balaban J connectivity index is 2.39. The fourth-order valence-electron chi connectivity index (χ4n) is 2.45. The van der Waals surface area contributed by atoms with Crippen LogP contribution in [0.2, 0.25) is 0 Å². The van der Waals surface area contributed by atoms with E-state index < -0.39 is 5.97 Å². The van der Waals surface area contributed by atoms with Gasteiger partial charge in [0.25, 0.3) is 0 Å². The molecule has 6 heteroatoms. The van der Waals surface area contributed by atoms with Crippen LogP contribution < -0.4 is 16.0 Å². The summed E-state index contributed by atoms with van der Waals surface area (Å²) in [5.41, 5.74) is 7.68. The number of carbonyl (C=O) groups excluding carboxylic acids is 2. The van der Waals surface area contributed by atoms with Gasteiger partial charge in [-0.15, -0.1) is 0 Å². The average Bonchev–Trinajstić information content (AvgIpc) is 2.46. The van der Waals surface area contributed by atoms with Gasteiger partial charge in [0.05, 0.1) is 24.0 Å². The van der Waals surface area contributed by atoms with Gasteiger partial charge in [-0.2, -0.15) is 0 Å². The SMILES string of the molecule is CCC1C(=O)NCCN1c1cc(C(=O)OC)ccc1N. The van der Waals surface area contributed by atoms with Crippen LogP contribution in [-0.2, 0) is 9.53 Å². The van der Waals surface area contributed by atoms with Crippen molar-refractivity contribution in [1.29, 1.82) is 0 Å². The summed E-state index contributed by atoms with van der Waals surface area (Å²) in [4.78, 5) is 25.5. The van der Waals surface area contributed by atoms with E-state index in [1.807, 2.05) is 11.8 Å². The summed E-state index contributed by atoms with van der Waals surface area (Å²) in [5.74, 6) is -0.428.